The summed E-state index contributed by atoms with van der Waals surface area (Å²) in [7, 11) is 2.30. The van der Waals surface area contributed by atoms with Gasteiger partial charge in [-0.15, -0.1) is 0 Å². The second-order valence-electron chi connectivity index (χ2n) is 9.80. The van der Waals surface area contributed by atoms with Crippen LogP contribution in [0.15, 0.2) is 18.2 Å². The number of ether oxygens (including phenoxy) is 3. The Bertz CT molecular complexity index is 791. The molecule has 1 aromatic rings. The molecule has 0 spiro atoms. The zero-order chi connectivity index (χ0) is 20.1. The summed E-state index contributed by atoms with van der Waals surface area (Å²) >= 11 is 0. The molecule has 5 nitrogen and oxygen atoms in total. The molecule has 1 aromatic carbocycles. The summed E-state index contributed by atoms with van der Waals surface area (Å²) < 4.78 is 16.2. The van der Waals surface area contributed by atoms with Crippen LogP contribution in [0, 0.1) is 5.41 Å². The number of likely N-dealkylation sites (N-methyl/N-ethyl adjacent to an activating group) is 1. The summed E-state index contributed by atoms with van der Waals surface area (Å²) in [6.45, 7) is 3.60. The van der Waals surface area contributed by atoms with Crippen LogP contribution >= 0.6 is 0 Å². The van der Waals surface area contributed by atoms with Gasteiger partial charge in [0.05, 0.1) is 0 Å². The van der Waals surface area contributed by atoms with E-state index in [0.717, 1.165) is 31.4 Å². The van der Waals surface area contributed by atoms with Crippen molar-refractivity contribution in [1.29, 1.82) is 0 Å². The van der Waals surface area contributed by atoms with E-state index in [1.807, 2.05) is 6.07 Å². The Morgan fingerprint density at radius 2 is 2.00 bits per heavy atom. The van der Waals surface area contributed by atoms with E-state index >= 15 is 0 Å². The molecule has 4 aliphatic rings. The first-order chi connectivity index (χ1) is 14.0. The number of carbonyl (C=O) groups excluding carboxylic acids is 1. The van der Waals surface area contributed by atoms with Crippen LogP contribution in [0.2, 0.25) is 0 Å². The topological polar surface area (TPSA) is 48.0 Å². The van der Waals surface area contributed by atoms with Crippen LogP contribution in [-0.4, -0.2) is 43.6 Å². The minimum absolute atomic E-state index is 0.0340. The number of carbonyl (C=O) groups is 1. The number of rotatable bonds is 4. The fourth-order valence-corrected chi connectivity index (χ4v) is 6.59. The summed E-state index contributed by atoms with van der Waals surface area (Å²) in [6.07, 6.45) is 9.99. The average molecular weight is 400 g/mol. The highest BCUT2D eigenvalue weighted by atomic mass is 16.8. The third-order valence-corrected chi connectivity index (χ3v) is 8.53. The molecule has 1 saturated heterocycles. The lowest BCUT2D eigenvalue weighted by molar-refractivity contribution is -0.0737. The number of likely N-dealkylation sites (tertiary alicyclic amines) is 1. The van der Waals surface area contributed by atoms with E-state index < -0.39 is 6.16 Å². The van der Waals surface area contributed by atoms with Gasteiger partial charge in [-0.3, -0.25) is 0 Å². The van der Waals surface area contributed by atoms with Gasteiger partial charge in [-0.2, -0.15) is 0 Å². The van der Waals surface area contributed by atoms with E-state index in [-0.39, 0.29) is 18.3 Å². The summed E-state index contributed by atoms with van der Waals surface area (Å²) in [6, 6.07) is 7.12. The molecule has 0 N–H and O–H groups in total. The second kappa shape index (κ2) is 7.19. The highest BCUT2D eigenvalue weighted by molar-refractivity contribution is 5.60. The summed E-state index contributed by atoms with van der Waals surface area (Å²) in [5.74, 6) is 0.792. The van der Waals surface area contributed by atoms with Crippen LogP contribution in [0.4, 0.5) is 4.79 Å². The van der Waals surface area contributed by atoms with Crippen LogP contribution in [0.25, 0.3) is 0 Å². The second-order valence-corrected chi connectivity index (χ2v) is 9.80. The average Bonchev–Trinajstić information content (AvgIpc) is 2.68. The zero-order valence-corrected chi connectivity index (χ0v) is 17.7. The Balaban J connectivity index is 1.34. The lowest BCUT2D eigenvalue weighted by Crippen LogP contribution is -2.66. The highest BCUT2D eigenvalue weighted by Crippen LogP contribution is 2.62. The molecule has 29 heavy (non-hydrogen) atoms. The fourth-order valence-electron chi connectivity index (χ4n) is 6.59. The third-order valence-electron chi connectivity index (χ3n) is 8.53. The number of fused-ring (bicyclic) bond motifs is 1. The minimum atomic E-state index is -0.621. The van der Waals surface area contributed by atoms with Crippen LogP contribution in [0.3, 0.4) is 0 Å². The molecule has 158 valence electrons. The number of piperidine rings is 1. The maximum Gasteiger partial charge on any atom is 0.511 e. The number of hydrogen-bond donors (Lipinski definition) is 0. The van der Waals surface area contributed by atoms with Gasteiger partial charge in [0.1, 0.15) is 11.9 Å². The minimum Gasteiger partial charge on any atom is -0.457 e. The first-order valence-electron chi connectivity index (χ1n) is 11.3. The first-order valence-corrected chi connectivity index (χ1v) is 11.3. The van der Waals surface area contributed by atoms with Crippen molar-refractivity contribution >= 4 is 6.16 Å². The summed E-state index contributed by atoms with van der Waals surface area (Å²) in [5, 5.41) is 0. The molecule has 1 heterocycles. The molecule has 0 aromatic heterocycles. The van der Waals surface area contributed by atoms with Crippen molar-refractivity contribution in [3.63, 3.8) is 0 Å². The van der Waals surface area contributed by atoms with E-state index in [1.54, 1.807) is 0 Å². The molecule has 2 saturated carbocycles. The van der Waals surface area contributed by atoms with Crippen LogP contribution < -0.4 is 4.74 Å². The maximum atomic E-state index is 11.7. The predicted octanol–water partition coefficient (Wildman–Crippen LogP) is 4.81. The summed E-state index contributed by atoms with van der Waals surface area (Å²) in [5.41, 5.74) is 3.53. The van der Waals surface area contributed by atoms with Crippen molar-refractivity contribution in [2.75, 3.05) is 20.4 Å². The van der Waals surface area contributed by atoms with Crippen molar-refractivity contribution in [2.45, 2.75) is 82.3 Å². The van der Waals surface area contributed by atoms with Gasteiger partial charge in [-0.25, -0.2) is 4.79 Å². The highest BCUT2D eigenvalue weighted by Gasteiger charge is 2.60. The normalized spacial score (nSPS) is 33.8. The molecule has 0 unspecified atom stereocenters. The molecular formula is C24H33NO4. The van der Waals surface area contributed by atoms with Crippen molar-refractivity contribution in [3.05, 3.63) is 29.3 Å². The van der Waals surface area contributed by atoms with Gasteiger partial charge in [0.15, 0.2) is 0 Å². The monoisotopic (exact) mass is 399 g/mol. The summed E-state index contributed by atoms with van der Waals surface area (Å²) in [4.78, 5) is 14.3. The lowest BCUT2D eigenvalue weighted by atomic mass is 9.45. The fraction of sp³-hybridized carbons (Fsp3) is 0.708. The van der Waals surface area contributed by atoms with Gasteiger partial charge in [-0.05, 0) is 87.2 Å². The Morgan fingerprint density at radius 3 is 2.79 bits per heavy atom. The Hall–Kier alpha value is -1.75. The molecule has 2 bridgehead atoms. The molecule has 3 atom stereocenters. The van der Waals surface area contributed by atoms with Crippen molar-refractivity contribution in [1.82, 2.24) is 4.90 Å². The molecule has 5 rings (SSSR count). The molecular weight excluding hydrogens is 366 g/mol. The molecule has 3 aliphatic carbocycles. The van der Waals surface area contributed by atoms with Crippen molar-refractivity contribution in [3.8, 4) is 5.75 Å². The smallest absolute Gasteiger partial charge is 0.457 e. The van der Waals surface area contributed by atoms with Gasteiger partial charge < -0.3 is 19.1 Å². The Kier molecular flexibility index (Phi) is 4.77. The molecule has 0 radical (unpaired) electrons. The maximum absolute atomic E-state index is 11.7. The number of hydrogen-bond acceptors (Lipinski definition) is 5. The quantitative estimate of drug-likeness (QED) is 0.537. The molecule has 0 amide bonds. The van der Waals surface area contributed by atoms with Gasteiger partial charge in [0, 0.05) is 11.5 Å². The largest absolute Gasteiger partial charge is 0.511 e. The predicted molar refractivity (Wildman–Crippen MR) is 110 cm³/mol. The Labute approximate surface area is 173 Å². The van der Waals surface area contributed by atoms with E-state index in [0.29, 0.717) is 11.5 Å². The first kappa shape index (κ1) is 19.2. The van der Waals surface area contributed by atoms with E-state index in [9.17, 15) is 4.79 Å². The Morgan fingerprint density at radius 1 is 1.17 bits per heavy atom. The van der Waals surface area contributed by atoms with Crippen LogP contribution in [0.1, 0.15) is 69.4 Å². The number of benzene rings is 1. The van der Waals surface area contributed by atoms with Gasteiger partial charge >= 0.3 is 6.16 Å². The van der Waals surface area contributed by atoms with Crippen LogP contribution in [0.5, 0.6) is 5.75 Å². The van der Waals surface area contributed by atoms with Gasteiger partial charge in [0.25, 0.3) is 0 Å². The lowest BCUT2D eigenvalue weighted by Gasteiger charge is -2.65. The van der Waals surface area contributed by atoms with Gasteiger partial charge in [0.2, 0.25) is 6.79 Å². The van der Waals surface area contributed by atoms with Crippen molar-refractivity contribution in [2.24, 2.45) is 5.41 Å². The zero-order valence-electron chi connectivity index (χ0n) is 17.7. The third kappa shape index (κ3) is 3.04. The molecule has 5 heteroatoms. The molecule has 1 aliphatic heterocycles. The standard InChI is InChI=1S/C24H33NO4/c1-23-10-3-4-11-24(23)12-13-25(2)21(23)14-17-8-9-19(15-20(17)24)27-16-28-22(26)29-18-6-5-7-18/h8-9,15,18,21H,3-7,10-14,16H2,1-2H3/t21-,23+,24+/m0/s1. The van der Waals surface area contributed by atoms with Gasteiger partial charge in [-0.1, -0.05) is 25.8 Å². The SMILES string of the molecule is CN1CC[C@@]23CCCC[C@]2(C)[C@@H]1Cc1ccc(OCOC(=O)OC2CCC2)cc13. The van der Waals surface area contributed by atoms with E-state index in [2.05, 4.69) is 31.0 Å². The van der Waals surface area contributed by atoms with E-state index in [4.69, 9.17) is 14.2 Å². The molecule has 3 fully saturated rings. The van der Waals surface area contributed by atoms with Crippen molar-refractivity contribution < 1.29 is 19.0 Å². The van der Waals surface area contributed by atoms with Crippen LogP contribution in [-0.2, 0) is 21.3 Å². The number of nitrogens with zero attached hydrogens (tertiary/aromatic N) is 1. The van der Waals surface area contributed by atoms with E-state index in [1.165, 1.54) is 49.8 Å².